The zero-order chi connectivity index (χ0) is 11.0. The zero-order valence-corrected chi connectivity index (χ0v) is 9.95. The third-order valence-corrected chi connectivity index (χ3v) is 4.69. The first-order chi connectivity index (χ1) is 7.83. The Morgan fingerprint density at radius 1 is 1.06 bits per heavy atom. The first-order valence-electron chi connectivity index (χ1n) is 6.88. The normalized spacial score (nSPS) is 37.8. The molecule has 3 rings (SSSR count). The van der Waals surface area contributed by atoms with Gasteiger partial charge in [0.1, 0.15) is 0 Å². The molecular weight excluding hydrogens is 200 g/mol. The van der Waals surface area contributed by atoms with Gasteiger partial charge in [-0.15, -0.1) is 0 Å². The third-order valence-electron chi connectivity index (χ3n) is 4.69. The molecule has 0 radical (unpaired) electrons. The number of nitrogens with one attached hydrogen (secondary N) is 1. The fourth-order valence-corrected chi connectivity index (χ4v) is 3.77. The summed E-state index contributed by atoms with van der Waals surface area (Å²) < 4.78 is 0. The smallest absolute Gasteiger partial charge is 0.317 e. The van der Waals surface area contributed by atoms with Crippen molar-refractivity contribution in [1.82, 2.24) is 10.2 Å². The zero-order valence-electron chi connectivity index (χ0n) is 9.95. The second-order valence-corrected chi connectivity index (χ2v) is 5.78. The highest BCUT2D eigenvalue weighted by molar-refractivity contribution is 5.74. The Bertz CT molecular complexity index is 273. The van der Waals surface area contributed by atoms with E-state index in [2.05, 4.69) is 5.32 Å². The number of hydrogen-bond donors (Lipinski definition) is 1. The van der Waals surface area contributed by atoms with Gasteiger partial charge in [0.05, 0.1) is 0 Å². The standard InChI is InChI=1S/C13H22N2O/c16-13(15-6-2-1-3-7-15)14-12-9-10-4-5-11(12)8-10/h10-12H,1-9H2,(H,14,16). The highest BCUT2D eigenvalue weighted by atomic mass is 16.2. The monoisotopic (exact) mass is 222 g/mol. The van der Waals surface area contributed by atoms with E-state index in [-0.39, 0.29) is 6.03 Å². The molecule has 3 unspecified atom stereocenters. The van der Waals surface area contributed by atoms with Crippen LogP contribution in [0.15, 0.2) is 0 Å². The molecule has 2 amide bonds. The number of fused-ring (bicyclic) bond motifs is 2. The Balaban J connectivity index is 1.52. The van der Waals surface area contributed by atoms with Crippen LogP contribution in [0.2, 0.25) is 0 Å². The number of amides is 2. The van der Waals surface area contributed by atoms with Crippen molar-refractivity contribution in [2.45, 2.75) is 51.0 Å². The van der Waals surface area contributed by atoms with E-state index in [1.165, 1.54) is 44.9 Å². The van der Waals surface area contributed by atoms with Gasteiger partial charge in [0.15, 0.2) is 0 Å². The molecular formula is C13H22N2O. The van der Waals surface area contributed by atoms with Crippen molar-refractivity contribution in [1.29, 1.82) is 0 Å². The first kappa shape index (κ1) is 10.4. The van der Waals surface area contributed by atoms with Crippen LogP contribution in [-0.2, 0) is 0 Å². The number of carbonyl (C=O) groups is 1. The summed E-state index contributed by atoms with van der Waals surface area (Å²) in [6.45, 7) is 1.93. The summed E-state index contributed by atoms with van der Waals surface area (Å²) in [6.07, 6.45) is 9.01. The number of piperidine rings is 1. The summed E-state index contributed by atoms with van der Waals surface area (Å²) in [4.78, 5) is 14.1. The minimum Gasteiger partial charge on any atom is -0.335 e. The number of urea groups is 1. The van der Waals surface area contributed by atoms with E-state index in [0.29, 0.717) is 6.04 Å². The van der Waals surface area contributed by atoms with E-state index in [0.717, 1.165) is 24.9 Å². The minimum atomic E-state index is 0.206. The third kappa shape index (κ3) is 1.92. The van der Waals surface area contributed by atoms with Crippen LogP contribution in [0.4, 0.5) is 4.79 Å². The van der Waals surface area contributed by atoms with E-state index in [4.69, 9.17) is 0 Å². The second-order valence-electron chi connectivity index (χ2n) is 5.78. The van der Waals surface area contributed by atoms with Gasteiger partial charge in [0.2, 0.25) is 0 Å². The molecule has 1 aliphatic heterocycles. The van der Waals surface area contributed by atoms with E-state index in [9.17, 15) is 4.79 Å². The summed E-state index contributed by atoms with van der Waals surface area (Å²) in [6, 6.07) is 0.699. The molecule has 0 spiro atoms. The maximum atomic E-state index is 12.0. The van der Waals surface area contributed by atoms with Crippen LogP contribution in [0.1, 0.15) is 44.9 Å². The van der Waals surface area contributed by atoms with Crippen molar-refractivity contribution in [2.24, 2.45) is 11.8 Å². The summed E-state index contributed by atoms with van der Waals surface area (Å²) in [5.74, 6) is 1.70. The van der Waals surface area contributed by atoms with Crippen LogP contribution in [0.5, 0.6) is 0 Å². The maximum Gasteiger partial charge on any atom is 0.317 e. The van der Waals surface area contributed by atoms with Crippen molar-refractivity contribution < 1.29 is 4.79 Å². The summed E-state index contributed by atoms with van der Waals surface area (Å²) in [5, 5.41) is 3.27. The van der Waals surface area contributed by atoms with Gasteiger partial charge in [-0.2, -0.15) is 0 Å². The van der Waals surface area contributed by atoms with E-state index in [1.54, 1.807) is 0 Å². The Kier molecular flexibility index (Phi) is 2.78. The van der Waals surface area contributed by atoms with Crippen molar-refractivity contribution in [3.8, 4) is 0 Å². The van der Waals surface area contributed by atoms with Crippen LogP contribution in [0.3, 0.4) is 0 Å². The largest absolute Gasteiger partial charge is 0.335 e. The number of nitrogens with zero attached hydrogens (tertiary/aromatic N) is 1. The van der Waals surface area contributed by atoms with Crippen LogP contribution >= 0.6 is 0 Å². The highest BCUT2D eigenvalue weighted by Gasteiger charge is 2.40. The van der Waals surface area contributed by atoms with Crippen LogP contribution in [0.25, 0.3) is 0 Å². The Hall–Kier alpha value is -0.730. The van der Waals surface area contributed by atoms with Gasteiger partial charge in [0.25, 0.3) is 0 Å². The average Bonchev–Trinajstić information content (AvgIpc) is 2.92. The Morgan fingerprint density at radius 3 is 2.50 bits per heavy atom. The van der Waals surface area contributed by atoms with Crippen molar-refractivity contribution in [3.05, 3.63) is 0 Å². The molecule has 2 bridgehead atoms. The van der Waals surface area contributed by atoms with Crippen molar-refractivity contribution in [2.75, 3.05) is 13.1 Å². The fourth-order valence-electron chi connectivity index (χ4n) is 3.77. The Labute approximate surface area is 97.6 Å². The molecule has 2 saturated carbocycles. The molecule has 3 fully saturated rings. The number of carbonyl (C=O) groups excluding carboxylic acids is 1. The molecule has 3 nitrogen and oxygen atoms in total. The second kappa shape index (κ2) is 4.27. The lowest BCUT2D eigenvalue weighted by atomic mass is 9.95. The van der Waals surface area contributed by atoms with Gasteiger partial charge >= 0.3 is 6.03 Å². The SMILES string of the molecule is O=C(NC1CC2CCC1C2)N1CCCCC1. The number of hydrogen-bond acceptors (Lipinski definition) is 1. The first-order valence-corrected chi connectivity index (χ1v) is 6.88. The molecule has 1 N–H and O–H groups in total. The lowest BCUT2D eigenvalue weighted by Crippen LogP contribution is -2.48. The van der Waals surface area contributed by atoms with Crippen molar-refractivity contribution in [3.63, 3.8) is 0 Å². The molecule has 3 heteroatoms. The van der Waals surface area contributed by atoms with Gasteiger partial charge in [-0.3, -0.25) is 0 Å². The van der Waals surface area contributed by atoms with Crippen LogP contribution < -0.4 is 5.32 Å². The van der Waals surface area contributed by atoms with Crippen LogP contribution in [-0.4, -0.2) is 30.1 Å². The summed E-state index contributed by atoms with van der Waals surface area (Å²) in [5.41, 5.74) is 0. The van der Waals surface area contributed by atoms with Crippen molar-refractivity contribution >= 4 is 6.03 Å². The quantitative estimate of drug-likeness (QED) is 0.726. The molecule has 0 aromatic carbocycles. The molecule has 2 aliphatic carbocycles. The number of likely N-dealkylation sites (tertiary alicyclic amines) is 1. The van der Waals surface area contributed by atoms with Gasteiger partial charge in [-0.1, -0.05) is 6.42 Å². The average molecular weight is 222 g/mol. The lowest BCUT2D eigenvalue weighted by Gasteiger charge is -2.30. The maximum absolute atomic E-state index is 12.0. The highest BCUT2D eigenvalue weighted by Crippen LogP contribution is 2.44. The molecule has 3 aliphatic rings. The van der Waals surface area contributed by atoms with E-state index < -0.39 is 0 Å². The predicted octanol–water partition coefficient (Wildman–Crippen LogP) is 2.37. The van der Waals surface area contributed by atoms with Gasteiger partial charge < -0.3 is 10.2 Å². The molecule has 0 aromatic heterocycles. The number of rotatable bonds is 1. The topological polar surface area (TPSA) is 32.3 Å². The van der Waals surface area contributed by atoms with Gasteiger partial charge in [-0.25, -0.2) is 4.79 Å². The Morgan fingerprint density at radius 2 is 1.88 bits per heavy atom. The van der Waals surface area contributed by atoms with Gasteiger partial charge in [0, 0.05) is 19.1 Å². The summed E-state index contributed by atoms with van der Waals surface area (Å²) >= 11 is 0. The lowest BCUT2D eigenvalue weighted by molar-refractivity contribution is 0.177. The molecule has 90 valence electrons. The molecule has 0 aromatic rings. The van der Waals surface area contributed by atoms with Crippen LogP contribution in [0, 0.1) is 11.8 Å². The van der Waals surface area contributed by atoms with Gasteiger partial charge in [-0.05, 0) is 50.4 Å². The minimum absolute atomic E-state index is 0.206. The summed E-state index contributed by atoms with van der Waals surface area (Å²) in [7, 11) is 0. The molecule has 16 heavy (non-hydrogen) atoms. The molecule has 3 atom stereocenters. The van der Waals surface area contributed by atoms with E-state index >= 15 is 0 Å². The molecule has 1 heterocycles. The fraction of sp³-hybridized carbons (Fsp3) is 0.923. The predicted molar refractivity (Wildman–Crippen MR) is 63.2 cm³/mol. The van der Waals surface area contributed by atoms with E-state index in [1.807, 2.05) is 4.90 Å². The molecule has 1 saturated heterocycles.